The largest absolute Gasteiger partial charge is 0.416 e. The van der Waals surface area contributed by atoms with Crippen molar-refractivity contribution in [1.29, 1.82) is 0 Å². The molecule has 1 atom stereocenters. The van der Waals surface area contributed by atoms with Crippen molar-refractivity contribution in [1.82, 2.24) is 15.5 Å². The van der Waals surface area contributed by atoms with Gasteiger partial charge in [0.15, 0.2) is 0 Å². The van der Waals surface area contributed by atoms with E-state index < -0.39 is 35.0 Å². The molecule has 202 valence electrons. The maximum Gasteiger partial charge on any atom is 0.416 e. The molecule has 1 heterocycles. The van der Waals surface area contributed by atoms with Crippen molar-refractivity contribution in [2.45, 2.75) is 70.3 Å². The predicted molar refractivity (Wildman–Crippen MR) is 122 cm³/mol. The predicted octanol–water partition coefficient (Wildman–Crippen LogP) is 5.25. The van der Waals surface area contributed by atoms with Crippen LogP contribution in [0.5, 0.6) is 0 Å². The number of likely N-dealkylation sites (tertiary alicyclic amines) is 1. The van der Waals surface area contributed by atoms with E-state index in [1.54, 1.807) is 0 Å². The fraction of sp³-hybridized carbons (Fsp3) is 0.680. The summed E-state index contributed by atoms with van der Waals surface area (Å²) in [5, 5.41) is 5.75. The van der Waals surface area contributed by atoms with E-state index in [1.807, 2.05) is 4.90 Å². The highest BCUT2D eigenvalue weighted by molar-refractivity contribution is 5.94. The van der Waals surface area contributed by atoms with Gasteiger partial charge in [-0.05, 0) is 81.5 Å². The monoisotopic (exact) mass is 521 g/mol. The molecule has 0 bridgehead atoms. The zero-order valence-electron chi connectivity index (χ0n) is 20.3. The molecule has 1 saturated heterocycles. The first-order valence-electron chi connectivity index (χ1n) is 12.5. The van der Waals surface area contributed by atoms with Gasteiger partial charge < -0.3 is 15.5 Å². The van der Waals surface area contributed by atoms with E-state index in [4.69, 9.17) is 0 Å². The standard InChI is InChI=1S/C25H33F6N3O2/c1-2-21-4-3-9-34(21)22(35)15-32-13-16-5-7-17(8-6-16)14-33-23(36)18-10-19(24(26,27)28)12-20(11-18)25(29,30)31/h10-12,16-17,21,32H,2-9,13-15H2,1H3,(H,33,36)/t16-,17-,21?. The number of halogens is 6. The maximum absolute atomic E-state index is 13.0. The van der Waals surface area contributed by atoms with Crippen LogP contribution in [0.3, 0.4) is 0 Å². The molecule has 2 N–H and O–H groups in total. The minimum Gasteiger partial charge on any atom is -0.352 e. The zero-order chi connectivity index (χ0) is 26.5. The van der Waals surface area contributed by atoms with Crippen molar-refractivity contribution in [3.05, 3.63) is 34.9 Å². The molecule has 36 heavy (non-hydrogen) atoms. The second kappa shape index (κ2) is 11.8. The molecular weight excluding hydrogens is 488 g/mol. The fourth-order valence-corrected chi connectivity index (χ4v) is 5.14. The van der Waals surface area contributed by atoms with Crippen LogP contribution in [0.25, 0.3) is 0 Å². The van der Waals surface area contributed by atoms with E-state index in [0.29, 0.717) is 37.2 Å². The van der Waals surface area contributed by atoms with Gasteiger partial charge >= 0.3 is 12.4 Å². The average Bonchev–Trinajstić information content (AvgIpc) is 3.31. The number of rotatable bonds is 8. The molecule has 0 aromatic heterocycles. The van der Waals surface area contributed by atoms with Gasteiger partial charge in [0.25, 0.3) is 5.91 Å². The van der Waals surface area contributed by atoms with Crippen molar-refractivity contribution in [2.75, 3.05) is 26.2 Å². The Labute approximate surface area is 207 Å². The number of nitrogens with one attached hydrogen (secondary N) is 2. The summed E-state index contributed by atoms with van der Waals surface area (Å²) in [4.78, 5) is 26.8. The van der Waals surface area contributed by atoms with Gasteiger partial charge in [0, 0.05) is 24.7 Å². The Kier molecular flexibility index (Phi) is 9.29. The summed E-state index contributed by atoms with van der Waals surface area (Å²) in [5.74, 6) is -0.363. The molecule has 0 radical (unpaired) electrons. The van der Waals surface area contributed by atoms with Crippen molar-refractivity contribution >= 4 is 11.8 Å². The molecule has 1 aliphatic heterocycles. The smallest absolute Gasteiger partial charge is 0.352 e. The van der Waals surface area contributed by atoms with Gasteiger partial charge in [-0.1, -0.05) is 6.92 Å². The molecule has 1 aromatic carbocycles. The number of hydrogen-bond donors (Lipinski definition) is 2. The van der Waals surface area contributed by atoms with Crippen LogP contribution in [-0.2, 0) is 17.1 Å². The van der Waals surface area contributed by atoms with E-state index >= 15 is 0 Å². The van der Waals surface area contributed by atoms with Crippen LogP contribution < -0.4 is 10.6 Å². The summed E-state index contributed by atoms with van der Waals surface area (Å²) in [6.07, 6.45) is -3.65. The fourth-order valence-electron chi connectivity index (χ4n) is 5.14. The number of hydrogen-bond acceptors (Lipinski definition) is 3. The Bertz CT molecular complexity index is 878. The molecule has 1 saturated carbocycles. The number of carbonyl (C=O) groups is 2. The normalized spacial score (nSPS) is 23.1. The summed E-state index contributed by atoms with van der Waals surface area (Å²) in [7, 11) is 0. The molecule has 0 spiro atoms. The third-order valence-electron chi connectivity index (χ3n) is 7.25. The van der Waals surface area contributed by atoms with Gasteiger partial charge in [0.05, 0.1) is 17.7 Å². The highest BCUT2D eigenvalue weighted by Crippen LogP contribution is 2.36. The van der Waals surface area contributed by atoms with E-state index in [2.05, 4.69) is 17.6 Å². The Morgan fingerprint density at radius 3 is 1.97 bits per heavy atom. The van der Waals surface area contributed by atoms with E-state index in [1.165, 1.54) is 0 Å². The molecular formula is C25H33F6N3O2. The van der Waals surface area contributed by atoms with Crippen molar-refractivity contribution in [2.24, 2.45) is 11.8 Å². The van der Waals surface area contributed by atoms with Gasteiger partial charge in [-0.2, -0.15) is 26.3 Å². The topological polar surface area (TPSA) is 61.4 Å². The van der Waals surface area contributed by atoms with Crippen LogP contribution >= 0.6 is 0 Å². The van der Waals surface area contributed by atoms with Crippen LogP contribution in [0.4, 0.5) is 26.3 Å². The van der Waals surface area contributed by atoms with Gasteiger partial charge in [-0.25, -0.2) is 0 Å². The van der Waals surface area contributed by atoms with Crippen LogP contribution in [0.1, 0.15) is 73.4 Å². The van der Waals surface area contributed by atoms with Crippen molar-refractivity contribution in [3.63, 3.8) is 0 Å². The molecule has 5 nitrogen and oxygen atoms in total. The highest BCUT2D eigenvalue weighted by Gasteiger charge is 2.37. The number of alkyl halides is 6. The molecule has 2 aliphatic rings. The van der Waals surface area contributed by atoms with Crippen molar-refractivity contribution < 1.29 is 35.9 Å². The summed E-state index contributed by atoms with van der Waals surface area (Å²) in [6, 6.07) is 1.23. The van der Waals surface area contributed by atoms with E-state index in [0.717, 1.165) is 51.5 Å². The quantitative estimate of drug-likeness (QED) is 0.460. The molecule has 2 fully saturated rings. The molecule has 1 aliphatic carbocycles. The zero-order valence-corrected chi connectivity index (χ0v) is 20.3. The molecule has 2 amide bonds. The van der Waals surface area contributed by atoms with Gasteiger partial charge in [0.1, 0.15) is 0 Å². The van der Waals surface area contributed by atoms with Crippen LogP contribution in [-0.4, -0.2) is 48.9 Å². The molecule has 11 heteroatoms. The number of carbonyl (C=O) groups excluding carboxylic acids is 2. The summed E-state index contributed by atoms with van der Waals surface area (Å²) >= 11 is 0. The Morgan fingerprint density at radius 2 is 1.44 bits per heavy atom. The van der Waals surface area contributed by atoms with E-state index in [-0.39, 0.29) is 24.4 Å². The Balaban J connectivity index is 1.43. The van der Waals surface area contributed by atoms with Crippen LogP contribution in [0, 0.1) is 11.8 Å². The van der Waals surface area contributed by atoms with Gasteiger partial charge in [-0.15, -0.1) is 0 Å². The van der Waals surface area contributed by atoms with Gasteiger partial charge in [0.2, 0.25) is 5.91 Å². The first kappa shape index (κ1) is 28.3. The third kappa shape index (κ3) is 7.60. The summed E-state index contributed by atoms with van der Waals surface area (Å²) < 4.78 is 78.2. The SMILES string of the molecule is CCC1CCCN1C(=O)CNC[C@H]1CC[C@H](CNC(=O)c2cc(C(F)(F)F)cc(C(F)(F)F)c2)CC1. The second-order valence-corrected chi connectivity index (χ2v) is 9.81. The highest BCUT2D eigenvalue weighted by atomic mass is 19.4. The summed E-state index contributed by atoms with van der Waals surface area (Å²) in [6.45, 7) is 4.10. The minimum absolute atomic E-state index is 0.00688. The van der Waals surface area contributed by atoms with Gasteiger partial charge in [-0.3, -0.25) is 9.59 Å². The second-order valence-electron chi connectivity index (χ2n) is 9.81. The molecule has 1 aromatic rings. The maximum atomic E-state index is 13.0. The molecule has 3 rings (SSSR count). The minimum atomic E-state index is -5.00. The number of amides is 2. The number of nitrogens with zero attached hydrogens (tertiary/aromatic N) is 1. The molecule has 1 unspecified atom stereocenters. The first-order valence-corrected chi connectivity index (χ1v) is 12.5. The lowest BCUT2D eigenvalue weighted by molar-refractivity contribution is -0.143. The lowest BCUT2D eigenvalue weighted by Crippen LogP contribution is -2.42. The Morgan fingerprint density at radius 1 is 0.889 bits per heavy atom. The average molecular weight is 522 g/mol. The lowest BCUT2D eigenvalue weighted by Gasteiger charge is -2.29. The third-order valence-corrected chi connectivity index (χ3v) is 7.25. The van der Waals surface area contributed by atoms with E-state index in [9.17, 15) is 35.9 Å². The summed E-state index contributed by atoms with van der Waals surface area (Å²) in [5.41, 5.74) is -3.68. The Hall–Kier alpha value is -2.30. The lowest BCUT2D eigenvalue weighted by atomic mass is 9.82. The number of benzene rings is 1. The van der Waals surface area contributed by atoms with Crippen LogP contribution in [0.2, 0.25) is 0 Å². The first-order chi connectivity index (χ1) is 16.9. The van der Waals surface area contributed by atoms with Crippen LogP contribution in [0.15, 0.2) is 18.2 Å². The van der Waals surface area contributed by atoms with Crippen molar-refractivity contribution in [3.8, 4) is 0 Å².